The van der Waals surface area contributed by atoms with Gasteiger partial charge in [0.2, 0.25) is 0 Å². The Morgan fingerprint density at radius 3 is 1.90 bits per heavy atom. The molecule has 0 bridgehead atoms. The van der Waals surface area contributed by atoms with Crippen LogP contribution in [0.2, 0.25) is 0 Å². The fraction of sp³-hybridized carbons (Fsp3) is 1.00. The Bertz CT molecular complexity index is 888. The lowest BCUT2D eigenvalue weighted by Crippen LogP contribution is -2.65. The number of rotatable bonds is 7. The van der Waals surface area contributed by atoms with E-state index in [2.05, 4.69) is 48.5 Å². The van der Waals surface area contributed by atoms with E-state index in [9.17, 15) is 15.3 Å². The van der Waals surface area contributed by atoms with Crippen LogP contribution in [-0.4, -0.2) is 45.3 Å². The number of aliphatic hydroxyl groups is 4. The van der Waals surface area contributed by atoms with Gasteiger partial charge >= 0.3 is 0 Å². The number of hydrogen-bond donors (Lipinski definition) is 4. The molecule has 0 aromatic carbocycles. The minimum Gasteiger partial charge on any atom is -0.394 e. The molecule has 0 heterocycles. The highest BCUT2D eigenvalue weighted by Crippen LogP contribution is 2.78. The highest BCUT2D eigenvalue weighted by atomic mass is 16.4. The van der Waals surface area contributed by atoms with E-state index in [-0.39, 0.29) is 0 Å². The Labute approximate surface area is 239 Å². The predicted molar refractivity (Wildman–Crippen MR) is 158 cm³/mol. The Hall–Kier alpha value is -0.160. The molecular weight excluding hydrogens is 484 g/mol. The average molecular weight is 547 g/mol. The molecule has 39 heavy (non-hydrogen) atoms. The van der Waals surface area contributed by atoms with Crippen LogP contribution in [0.25, 0.3) is 0 Å². The van der Waals surface area contributed by atoms with Crippen LogP contribution in [0, 0.1) is 62.6 Å². The smallest absolute Gasteiger partial charge is 0.108 e. The van der Waals surface area contributed by atoms with Gasteiger partial charge in [-0.1, -0.05) is 54.9 Å². The van der Waals surface area contributed by atoms with E-state index in [0.29, 0.717) is 45.3 Å². The molecule has 5 saturated carbocycles. The fourth-order valence-electron chi connectivity index (χ4n) is 13.2. The normalized spacial score (nSPS) is 50.1. The lowest BCUT2D eigenvalue weighted by molar-refractivity contribution is -0.241. The predicted octanol–water partition coefficient (Wildman–Crippen LogP) is 6.97. The second kappa shape index (κ2) is 10.2. The van der Waals surface area contributed by atoms with E-state index < -0.39 is 24.9 Å². The minimum atomic E-state index is -1.27. The van der Waals surface area contributed by atoms with Crippen LogP contribution in [0.4, 0.5) is 0 Å². The number of hydrogen-bond acceptors (Lipinski definition) is 4. The molecule has 13 unspecified atom stereocenters. The molecule has 0 aromatic rings. The summed E-state index contributed by atoms with van der Waals surface area (Å²) >= 11 is 0. The number of fused-ring (bicyclic) bond motifs is 7. The Kier molecular flexibility index (Phi) is 7.95. The third-order valence-corrected chi connectivity index (χ3v) is 15.4. The first-order valence-electron chi connectivity index (χ1n) is 16.8. The maximum absolute atomic E-state index is 10.4. The van der Waals surface area contributed by atoms with Gasteiger partial charge in [0.25, 0.3) is 0 Å². The molecular formula is C35H62O4. The van der Waals surface area contributed by atoms with Crippen molar-refractivity contribution in [2.75, 3.05) is 6.61 Å². The second-order valence-corrected chi connectivity index (χ2v) is 17.2. The molecule has 0 radical (unpaired) electrons. The minimum absolute atomic E-state index is 0.411. The van der Waals surface area contributed by atoms with Crippen molar-refractivity contribution < 1.29 is 20.4 Å². The summed E-state index contributed by atoms with van der Waals surface area (Å²) in [6.07, 6.45) is 13.2. The molecule has 4 N–H and O–H groups in total. The van der Waals surface area contributed by atoms with Crippen LogP contribution < -0.4 is 0 Å². The lowest BCUT2D eigenvalue weighted by atomic mass is 9.32. The second-order valence-electron chi connectivity index (χ2n) is 17.2. The van der Waals surface area contributed by atoms with Crippen LogP contribution in [0.15, 0.2) is 0 Å². The van der Waals surface area contributed by atoms with E-state index >= 15 is 0 Å². The summed E-state index contributed by atoms with van der Waals surface area (Å²) in [5, 5.41) is 39.5. The van der Waals surface area contributed by atoms with Gasteiger partial charge in [-0.05, 0) is 140 Å². The summed E-state index contributed by atoms with van der Waals surface area (Å²) in [5.41, 5.74) is 2.27. The van der Waals surface area contributed by atoms with Crippen molar-refractivity contribution in [3.05, 3.63) is 0 Å². The molecule has 0 aliphatic heterocycles. The van der Waals surface area contributed by atoms with Crippen LogP contribution in [0.3, 0.4) is 0 Å². The van der Waals surface area contributed by atoms with Crippen LogP contribution >= 0.6 is 0 Å². The Morgan fingerprint density at radius 1 is 0.641 bits per heavy atom. The number of aliphatic hydroxyl groups excluding tert-OH is 4. The molecule has 5 rings (SSSR count). The van der Waals surface area contributed by atoms with Crippen LogP contribution in [0.5, 0.6) is 0 Å². The van der Waals surface area contributed by atoms with Crippen molar-refractivity contribution in [1.82, 2.24) is 0 Å². The Balaban J connectivity index is 1.33. The summed E-state index contributed by atoms with van der Waals surface area (Å²) in [4.78, 5) is 0. The van der Waals surface area contributed by atoms with Gasteiger partial charge in [-0.15, -0.1) is 0 Å². The molecule has 5 aliphatic carbocycles. The summed E-state index contributed by atoms with van der Waals surface area (Å²) in [7, 11) is 0. The van der Waals surface area contributed by atoms with Gasteiger partial charge in [0.05, 0.1) is 12.7 Å². The van der Waals surface area contributed by atoms with E-state index in [1.807, 2.05) is 0 Å². The quantitative estimate of drug-likeness (QED) is 0.278. The zero-order valence-electron chi connectivity index (χ0n) is 26.4. The largest absolute Gasteiger partial charge is 0.394 e. The van der Waals surface area contributed by atoms with E-state index in [0.717, 1.165) is 30.1 Å². The monoisotopic (exact) mass is 546 g/mol. The molecule has 226 valence electrons. The third-order valence-electron chi connectivity index (χ3n) is 15.4. The van der Waals surface area contributed by atoms with Gasteiger partial charge in [-0.25, -0.2) is 0 Å². The first-order valence-corrected chi connectivity index (χ1v) is 16.8. The van der Waals surface area contributed by atoms with Gasteiger partial charge in [0.1, 0.15) is 12.2 Å². The first-order chi connectivity index (χ1) is 18.2. The third kappa shape index (κ3) is 4.42. The fourth-order valence-corrected chi connectivity index (χ4v) is 13.2. The van der Waals surface area contributed by atoms with Crippen LogP contribution in [0.1, 0.15) is 132 Å². The van der Waals surface area contributed by atoms with Crippen molar-refractivity contribution in [3.63, 3.8) is 0 Å². The Morgan fingerprint density at radius 2 is 1.26 bits per heavy atom. The SMILES string of the molecule is CC(CCC(O)C(O)C(O)CO)C1CCC2(C)C1CCC1(C)C2CCC2C3(C)CCCC(C)(C)C3CCC21C. The van der Waals surface area contributed by atoms with Crippen molar-refractivity contribution >= 4 is 0 Å². The van der Waals surface area contributed by atoms with Gasteiger partial charge in [-0.3, -0.25) is 0 Å². The van der Waals surface area contributed by atoms with Gasteiger partial charge in [0, 0.05) is 0 Å². The van der Waals surface area contributed by atoms with Crippen molar-refractivity contribution in [1.29, 1.82) is 0 Å². The maximum Gasteiger partial charge on any atom is 0.108 e. The van der Waals surface area contributed by atoms with Crippen LogP contribution in [-0.2, 0) is 0 Å². The first kappa shape index (κ1) is 30.3. The van der Waals surface area contributed by atoms with Crippen molar-refractivity contribution in [2.45, 2.75) is 150 Å². The molecule has 0 spiro atoms. The zero-order valence-corrected chi connectivity index (χ0v) is 26.4. The zero-order chi connectivity index (χ0) is 28.6. The topological polar surface area (TPSA) is 80.9 Å². The maximum atomic E-state index is 10.4. The highest BCUT2D eigenvalue weighted by Gasteiger charge is 2.70. The molecule has 5 fully saturated rings. The average Bonchev–Trinajstić information content (AvgIpc) is 3.23. The lowest BCUT2D eigenvalue weighted by Gasteiger charge is -2.73. The van der Waals surface area contributed by atoms with Gasteiger partial charge in [-0.2, -0.15) is 0 Å². The van der Waals surface area contributed by atoms with E-state index in [1.54, 1.807) is 0 Å². The standard InChI is InChI=1S/C35H62O4/c1-22(9-10-25(37)30(39)26(38)21-36)23-13-18-32(4)24(23)14-19-34(6)28(32)11-12-29-33(5)17-8-16-31(2,3)27(33)15-20-35(29,34)7/h22-30,36-39H,8-21H2,1-7H3. The molecule has 13 atom stereocenters. The van der Waals surface area contributed by atoms with E-state index in [4.69, 9.17) is 5.11 Å². The molecule has 4 nitrogen and oxygen atoms in total. The van der Waals surface area contributed by atoms with Gasteiger partial charge < -0.3 is 20.4 Å². The molecule has 0 amide bonds. The summed E-state index contributed by atoms with van der Waals surface area (Å²) in [6, 6.07) is 0. The van der Waals surface area contributed by atoms with Crippen molar-refractivity contribution in [3.8, 4) is 0 Å². The molecule has 0 saturated heterocycles. The molecule has 4 heteroatoms. The summed E-state index contributed by atoms with van der Waals surface area (Å²) in [5.74, 6) is 4.50. The summed E-state index contributed by atoms with van der Waals surface area (Å²) in [6.45, 7) is 17.9. The summed E-state index contributed by atoms with van der Waals surface area (Å²) < 4.78 is 0. The highest BCUT2D eigenvalue weighted by molar-refractivity contribution is 5.19. The molecule has 5 aliphatic rings. The van der Waals surface area contributed by atoms with E-state index in [1.165, 1.54) is 70.6 Å². The van der Waals surface area contributed by atoms with Gasteiger partial charge in [0.15, 0.2) is 0 Å². The molecule has 0 aromatic heterocycles. The van der Waals surface area contributed by atoms with Crippen molar-refractivity contribution in [2.24, 2.45) is 62.6 Å².